The lowest BCUT2D eigenvalue weighted by Gasteiger charge is -2.19. The monoisotopic (exact) mass is 375 g/mol. The van der Waals surface area contributed by atoms with Gasteiger partial charge in [-0.25, -0.2) is 0 Å². The first-order chi connectivity index (χ1) is 8.52. The normalized spacial score (nSPS) is 13.0. The highest BCUT2D eigenvalue weighted by molar-refractivity contribution is 9.11. The molecule has 1 N–H and O–H groups in total. The molecule has 0 radical (unpaired) electrons. The van der Waals surface area contributed by atoms with Crippen LogP contribution in [0.15, 0.2) is 27.1 Å². The van der Waals surface area contributed by atoms with E-state index in [9.17, 15) is 0 Å². The third-order valence-corrected chi connectivity index (χ3v) is 3.93. The van der Waals surface area contributed by atoms with Gasteiger partial charge in [0.2, 0.25) is 0 Å². The van der Waals surface area contributed by atoms with Gasteiger partial charge >= 0.3 is 0 Å². The second-order valence-electron chi connectivity index (χ2n) is 5.14. The van der Waals surface area contributed by atoms with Crippen LogP contribution in [0.25, 0.3) is 0 Å². The Labute approximate surface area is 128 Å². The van der Waals surface area contributed by atoms with E-state index in [0.717, 1.165) is 21.4 Å². The minimum atomic E-state index is 0.461. The molecule has 1 aromatic carbocycles. The summed E-state index contributed by atoms with van der Waals surface area (Å²) in [6.45, 7) is 7.76. The summed E-state index contributed by atoms with van der Waals surface area (Å²) in [5.41, 5.74) is 1.36. The molecule has 0 heterocycles. The van der Waals surface area contributed by atoms with Gasteiger partial charge in [0.1, 0.15) is 0 Å². The van der Waals surface area contributed by atoms with Crippen LogP contribution in [0, 0.1) is 5.92 Å². The Bertz CT molecular complexity index is 343. The molecule has 1 aromatic rings. The van der Waals surface area contributed by atoms with Crippen LogP contribution >= 0.6 is 31.9 Å². The van der Waals surface area contributed by atoms with Gasteiger partial charge in [0.05, 0.1) is 0 Å². The Morgan fingerprint density at radius 1 is 1.06 bits per heavy atom. The molecule has 102 valence electrons. The van der Waals surface area contributed by atoms with Crippen LogP contribution in [0.2, 0.25) is 0 Å². The van der Waals surface area contributed by atoms with Gasteiger partial charge in [-0.15, -0.1) is 0 Å². The van der Waals surface area contributed by atoms with E-state index in [4.69, 9.17) is 0 Å². The third-order valence-electron chi connectivity index (χ3n) is 3.01. The van der Waals surface area contributed by atoms with E-state index in [1.165, 1.54) is 24.8 Å². The number of hydrogen-bond acceptors (Lipinski definition) is 1. The first kappa shape index (κ1) is 16.2. The van der Waals surface area contributed by atoms with Gasteiger partial charge in [-0.05, 0) is 42.6 Å². The van der Waals surface area contributed by atoms with E-state index in [2.05, 4.69) is 76.1 Å². The molecule has 0 bridgehead atoms. The maximum absolute atomic E-state index is 3.59. The van der Waals surface area contributed by atoms with Crippen LogP contribution in [0.4, 0.5) is 0 Å². The van der Waals surface area contributed by atoms with Crippen molar-refractivity contribution in [3.8, 4) is 0 Å². The second kappa shape index (κ2) is 8.34. The maximum Gasteiger partial charge on any atom is 0.0320 e. The summed E-state index contributed by atoms with van der Waals surface area (Å²) >= 11 is 7.13. The lowest BCUT2D eigenvalue weighted by Crippen LogP contribution is -2.21. The summed E-state index contributed by atoms with van der Waals surface area (Å²) < 4.78 is 2.28. The van der Waals surface area contributed by atoms with Crippen molar-refractivity contribution in [3.63, 3.8) is 0 Å². The van der Waals surface area contributed by atoms with Crippen molar-refractivity contribution < 1.29 is 0 Å². The SMILES string of the molecule is CCNC(CCCC(C)C)c1cc(Br)cc(Br)c1. The van der Waals surface area contributed by atoms with E-state index in [1.54, 1.807) is 0 Å². The molecule has 0 saturated heterocycles. The van der Waals surface area contributed by atoms with Crippen LogP contribution in [-0.2, 0) is 0 Å². The van der Waals surface area contributed by atoms with Crippen LogP contribution in [0.1, 0.15) is 51.6 Å². The third kappa shape index (κ3) is 5.85. The molecule has 1 atom stereocenters. The molecule has 0 saturated carbocycles. The molecule has 1 rings (SSSR count). The van der Waals surface area contributed by atoms with Gasteiger partial charge in [-0.2, -0.15) is 0 Å². The fourth-order valence-corrected chi connectivity index (χ4v) is 3.47. The van der Waals surface area contributed by atoms with Crippen molar-refractivity contribution in [1.82, 2.24) is 5.32 Å². The summed E-state index contributed by atoms with van der Waals surface area (Å²) in [7, 11) is 0. The lowest BCUT2D eigenvalue weighted by atomic mass is 9.98. The summed E-state index contributed by atoms with van der Waals surface area (Å²) in [6, 6.07) is 6.98. The second-order valence-corrected chi connectivity index (χ2v) is 6.97. The van der Waals surface area contributed by atoms with E-state index in [1.807, 2.05) is 0 Å². The Morgan fingerprint density at radius 2 is 1.67 bits per heavy atom. The van der Waals surface area contributed by atoms with Crippen LogP contribution in [-0.4, -0.2) is 6.54 Å². The van der Waals surface area contributed by atoms with Crippen molar-refractivity contribution in [3.05, 3.63) is 32.7 Å². The summed E-state index contributed by atoms with van der Waals surface area (Å²) in [6.07, 6.45) is 3.78. The molecule has 0 spiro atoms. The van der Waals surface area contributed by atoms with E-state index >= 15 is 0 Å². The fourth-order valence-electron chi connectivity index (χ4n) is 2.14. The van der Waals surface area contributed by atoms with Crippen molar-refractivity contribution in [2.75, 3.05) is 6.54 Å². The zero-order chi connectivity index (χ0) is 13.5. The molecule has 3 heteroatoms. The minimum absolute atomic E-state index is 0.461. The number of rotatable bonds is 7. The van der Waals surface area contributed by atoms with Crippen molar-refractivity contribution in [1.29, 1.82) is 0 Å². The minimum Gasteiger partial charge on any atom is -0.310 e. The van der Waals surface area contributed by atoms with Gasteiger partial charge in [0, 0.05) is 15.0 Å². The highest BCUT2D eigenvalue weighted by Crippen LogP contribution is 2.27. The topological polar surface area (TPSA) is 12.0 Å². The van der Waals surface area contributed by atoms with Crippen LogP contribution < -0.4 is 5.32 Å². The average molecular weight is 377 g/mol. The number of hydrogen-bond donors (Lipinski definition) is 1. The van der Waals surface area contributed by atoms with Gasteiger partial charge in [-0.3, -0.25) is 0 Å². The Kier molecular flexibility index (Phi) is 7.50. The first-order valence-electron chi connectivity index (χ1n) is 6.72. The van der Waals surface area contributed by atoms with Crippen LogP contribution in [0.3, 0.4) is 0 Å². The average Bonchev–Trinajstić information content (AvgIpc) is 2.26. The van der Waals surface area contributed by atoms with E-state index < -0.39 is 0 Å². The summed E-state index contributed by atoms with van der Waals surface area (Å²) in [5.74, 6) is 0.793. The Morgan fingerprint density at radius 3 is 2.17 bits per heavy atom. The molecule has 18 heavy (non-hydrogen) atoms. The molecule has 0 aliphatic carbocycles. The van der Waals surface area contributed by atoms with Crippen LogP contribution in [0.5, 0.6) is 0 Å². The molecule has 0 aliphatic rings. The predicted molar refractivity (Wildman–Crippen MR) is 86.9 cm³/mol. The van der Waals surface area contributed by atoms with Gasteiger partial charge < -0.3 is 5.32 Å². The number of halogens is 2. The zero-order valence-corrected chi connectivity index (χ0v) is 14.6. The zero-order valence-electron chi connectivity index (χ0n) is 11.5. The standard InChI is InChI=1S/C15H23Br2N/c1-4-18-15(7-5-6-11(2)3)12-8-13(16)10-14(17)9-12/h8-11,15,18H,4-7H2,1-3H3. The number of nitrogens with one attached hydrogen (secondary N) is 1. The lowest BCUT2D eigenvalue weighted by molar-refractivity contribution is 0.455. The smallest absolute Gasteiger partial charge is 0.0320 e. The van der Waals surface area contributed by atoms with Gasteiger partial charge in [-0.1, -0.05) is 65.5 Å². The molecular weight excluding hydrogens is 354 g/mol. The Balaban J connectivity index is 2.70. The molecule has 0 amide bonds. The molecule has 0 aliphatic heterocycles. The van der Waals surface area contributed by atoms with E-state index in [0.29, 0.717) is 6.04 Å². The Hall–Kier alpha value is 0.140. The van der Waals surface area contributed by atoms with Crippen molar-refractivity contribution in [2.45, 2.75) is 46.1 Å². The van der Waals surface area contributed by atoms with Crippen molar-refractivity contribution in [2.24, 2.45) is 5.92 Å². The first-order valence-corrected chi connectivity index (χ1v) is 8.31. The predicted octanol–water partition coefficient (Wildman–Crippen LogP) is 5.69. The molecule has 0 aromatic heterocycles. The molecule has 1 nitrogen and oxygen atoms in total. The molecular formula is C15H23Br2N. The largest absolute Gasteiger partial charge is 0.310 e. The van der Waals surface area contributed by atoms with Gasteiger partial charge in [0.25, 0.3) is 0 Å². The molecule has 1 unspecified atom stereocenters. The quantitative estimate of drug-likeness (QED) is 0.644. The summed E-state index contributed by atoms with van der Waals surface area (Å²) in [4.78, 5) is 0. The van der Waals surface area contributed by atoms with Gasteiger partial charge in [0.15, 0.2) is 0 Å². The highest BCUT2D eigenvalue weighted by Gasteiger charge is 2.11. The summed E-state index contributed by atoms with van der Waals surface area (Å²) in [5, 5.41) is 3.59. The van der Waals surface area contributed by atoms with E-state index in [-0.39, 0.29) is 0 Å². The van der Waals surface area contributed by atoms with Crippen molar-refractivity contribution >= 4 is 31.9 Å². The maximum atomic E-state index is 3.59. The number of benzene rings is 1. The fraction of sp³-hybridized carbons (Fsp3) is 0.600. The highest BCUT2D eigenvalue weighted by atomic mass is 79.9. The molecule has 0 fully saturated rings.